The van der Waals surface area contributed by atoms with Crippen molar-refractivity contribution in [2.75, 3.05) is 18.0 Å². The summed E-state index contributed by atoms with van der Waals surface area (Å²) in [6.45, 7) is 6.40. The molecule has 0 radical (unpaired) electrons. The molecule has 2 aromatic rings. The predicted octanol–water partition coefficient (Wildman–Crippen LogP) is 3.11. The van der Waals surface area contributed by atoms with Crippen LogP contribution in [0.5, 0.6) is 0 Å². The first-order valence-corrected chi connectivity index (χ1v) is 7.52. The van der Waals surface area contributed by atoms with Crippen molar-refractivity contribution in [3.05, 3.63) is 36.0 Å². The smallest absolute Gasteiger partial charge is 0.0726 e. The Balaban J connectivity index is 1.91. The Morgan fingerprint density at radius 1 is 1.25 bits per heavy atom. The maximum atomic E-state index is 6.04. The molecule has 1 atom stereocenters. The number of fused-ring (bicyclic) bond motifs is 1. The van der Waals surface area contributed by atoms with Gasteiger partial charge in [-0.2, -0.15) is 0 Å². The molecule has 1 aromatic carbocycles. The largest absolute Gasteiger partial charge is 0.371 e. The average molecular weight is 269 g/mol. The normalized spacial score (nSPS) is 18.4. The predicted molar refractivity (Wildman–Crippen MR) is 85.1 cm³/mol. The molecule has 0 amide bonds. The van der Waals surface area contributed by atoms with Crippen LogP contribution in [-0.2, 0) is 0 Å². The number of benzene rings is 1. The number of piperidine rings is 1. The molecule has 1 aromatic heterocycles. The van der Waals surface area contributed by atoms with Crippen LogP contribution in [-0.4, -0.2) is 24.1 Å². The number of hydrogen-bond donors (Lipinski definition) is 1. The van der Waals surface area contributed by atoms with E-state index >= 15 is 0 Å². The second-order valence-corrected chi connectivity index (χ2v) is 5.98. The number of aryl methyl sites for hydroxylation is 1. The number of para-hydroxylation sites is 1. The molecule has 2 N–H and O–H groups in total. The SMILES string of the molecule is Cc1cc(N2CCC(C(C)N)CC2)c2ccccc2n1. The fourth-order valence-corrected chi connectivity index (χ4v) is 3.21. The van der Waals surface area contributed by atoms with Gasteiger partial charge in [0.25, 0.3) is 0 Å². The van der Waals surface area contributed by atoms with E-state index in [2.05, 4.69) is 54.1 Å². The van der Waals surface area contributed by atoms with Crippen LogP contribution in [0.25, 0.3) is 10.9 Å². The Hall–Kier alpha value is -1.61. The van der Waals surface area contributed by atoms with Crippen molar-refractivity contribution >= 4 is 16.6 Å². The number of nitrogens with zero attached hydrogens (tertiary/aromatic N) is 2. The Morgan fingerprint density at radius 3 is 2.65 bits per heavy atom. The molecule has 3 heteroatoms. The number of nitrogens with two attached hydrogens (primary N) is 1. The zero-order valence-corrected chi connectivity index (χ0v) is 12.3. The van der Waals surface area contributed by atoms with Crippen molar-refractivity contribution in [2.45, 2.75) is 32.7 Å². The summed E-state index contributed by atoms with van der Waals surface area (Å²) in [6, 6.07) is 11.0. The van der Waals surface area contributed by atoms with Gasteiger partial charge in [0.15, 0.2) is 0 Å². The summed E-state index contributed by atoms with van der Waals surface area (Å²) in [7, 11) is 0. The molecule has 1 aliphatic rings. The quantitative estimate of drug-likeness (QED) is 0.911. The van der Waals surface area contributed by atoms with Crippen molar-refractivity contribution in [1.29, 1.82) is 0 Å². The molecule has 106 valence electrons. The first-order chi connectivity index (χ1) is 9.65. The number of aromatic nitrogens is 1. The summed E-state index contributed by atoms with van der Waals surface area (Å²) in [5, 5.41) is 1.26. The molecule has 1 aliphatic heterocycles. The highest BCUT2D eigenvalue weighted by Crippen LogP contribution is 2.30. The molecule has 1 saturated heterocycles. The minimum atomic E-state index is 0.313. The third-order valence-corrected chi connectivity index (χ3v) is 4.45. The molecule has 3 nitrogen and oxygen atoms in total. The molecular formula is C17H23N3. The lowest BCUT2D eigenvalue weighted by Gasteiger charge is -2.35. The van der Waals surface area contributed by atoms with Gasteiger partial charge >= 0.3 is 0 Å². The average Bonchev–Trinajstić information content (AvgIpc) is 2.46. The number of anilines is 1. The molecule has 1 fully saturated rings. The summed E-state index contributed by atoms with van der Waals surface area (Å²) in [4.78, 5) is 7.12. The van der Waals surface area contributed by atoms with Crippen LogP contribution in [0.1, 0.15) is 25.5 Å². The summed E-state index contributed by atoms with van der Waals surface area (Å²) in [5.74, 6) is 0.667. The Labute approximate surface area is 120 Å². The fraction of sp³-hybridized carbons (Fsp3) is 0.471. The lowest BCUT2D eigenvalue weighted by Crippen LogP contribution is -2.39. The van der Waals surface area contributed by atoms with Crippen molar-refractivity contribution in [3.63, 3.8) is 0 Å². The molecule has 2 heterocycles. The van der Waals surface area contributed by atoms with Crippen LogP contribution < -0.4 is 10.6 Å². The van der Waals surface area contributed by atoms with E-state index in [9.17, 15) is 0 Å². The van der Waals surface area contributed by atoms with Crippen LogP contribution in [0, 0.1) is 12.8 Å². The maximum Gasteiger partial charge on any atom is 0.0726 e. The Kier molecular flexibility index (Phi) is 3.62. The van der Waals surface area contributed by atoms with E-state index in [-0.39, 0.29) is 0 Å². The number of hydrogen-bond acceptors (Lipinski definition) is 3. The van der Waals surface area contributed by atoms with Crippen molar-refractivity contribution in [3.8, 4) is 0 Å². The van der Waals surface area contributed by atoms with Crippen LogP contribution in [0.15, 0.2) is 30.3 Å². The molecule has 0 aliphatic carbocycles. The van der Waals surface area contributed by atoms with Gasteiger partial charge < -0.3 is 10.6 Å². The first kappa shape index (κ1) is 13.4. The molecule has 3 rings (SSSR count). The highest BCUT2D eigenvalue weighted by molar-refractivity contribution is 5.92. The van der Waals surface area contributed by atoms with Gasteiger partial charge in [0, 0.05) is 35.9 Å². The van der Waals surface area contributed by atoms with Crippen LogP contribution in [0.3, 0.4) is 0 Å². The van der Waals surface area contributed by atoms with Gasteiger partial charge in [0.2, 0.25) is 0 Å². The zero-order chi connectivity index (χ0) is 14.1. The van der Waals surface area contributed by atoms with E-state index in [1.807, 2.05) is 0 Å². The van der Waals surface area contributed by atoms with Gasteiger partial charge in [-0.3, -0.25) is 4.98 Å². The molecule has 0 bridgehead atoms. The lowest BCUT2D eigenvalue weighted by atomic mass is 9.90. The highest BCUT2D eigenvalue weighted by atomic mass is 15.1. The van der Waals surface area contributed by atoms with Gasteiger partial charge in [-0.1, -0.05) is 18.2 Å². The summed E-state index contributed by atoms with van der Waals surface area (Å²) >= 11 is 0. The second kappa shape index (κ2) is 5.41. The van der Waals surface area contributed by atoms with Gasteiger partial charge in [-0.05, 0) is 44.7 Å². The second-order valence-electron chi connectivity index (χ2n) is 5.98. The van der Waals surface area contributed by atoms with E-state index in [0.29, 0.717) is 12.0 Å². The lowest BCUT2D eigenvalue weighted by molar-refractivity contribution is 0.355. The van der Waals surface area contributed by atoms with Gasteiger partial charge in [0.05, 0.1) is 5.52 Å². The minimum Gasteiger partial charge on any atom is -0.371 e. The summed E-state index contributed by atoms with van der Waals surface area (Å²) < 4.78 is 0. The number of pyridine rings is 1. The minimum absolute atomic E-state index is 0.313. The van der Waals surface area contributed by atoms with E-state index in [1.54, 1.807) is 0 Å². The molecule has 0 saturated carbocycles. The van der Waals surface area contributed by atoms with Gasteiger partial charge in [-0.25, -0.2) is 0 Å². The van der Waals surface area contributed by atoms with Crippen molar-refractivity contribution < 1.29 is 0 Å². The number of rotatable bonds is 2. The molecule has 1 unspecified atom stereocenters. The van der Waals surface area contributed by atoms with E-state index in [4.69, 9.17) is 5.73 Å². The molecule has 0 spiro atoms. The van der Waals surface area contributed by atoms with Gasteiger partial charge in [0.1, 0.15) is 0 Å². The third kappa shape index (κ3) is 2.50. The highest BCUT2D eigenvalue weighted by Gasteiger charge is 2.23. The Morgan fingerprint density at radius 2 is 1.95 bits per heavy atom. The van der Waals surface area contributed by atoms with Crippen molar-refractivity contribution in [2.24, 2.45) is 11.7 Å². The summed E-state index contributed by atoms with van der Waals surface area (Å²) in [5.41, 5.74) is 9.55. The van der Waals surface area contributed by atoms with Crippen molar-refractivity contribution in [1.82, 2.24) is 4.98 Å². The third-order valence-electron chi connectivity index (χ3n) is 4.45. The fourth-order valence-electron chi connectivity index (χ4n) is 3.21. The first-order valence-electron chi connectivity index (χ1n) is 7.52. The van der Waals surface area contributed by atoms with Crippen LogP contribution in [0.4, 0.5) is 5.69 Å². The Bertz CT molecular complexity index is 598. The van der Waals surface area contributed by atoms with Gasteiger partial charge in [-0.15, -0.1) is 0 Å². The molecular weight excluding hydrogens is 246 g/mol. The topological polar surface area (TPSA) is 42.1 Å². The maximum absolute atomic E-state index is 6.04. The van der Waals surface area contributed by atoms with E-state index in [1.165, 1.54) is 23.9 Å². The zero-order valence-electron chi connectivity index (χ0n) is 12.3. The summed E-state index contributed by atoms with van der Waals surface area (Å²) in [6.07, 6.45) is 2.38. The monoisotopic (exact) mass is 269 g/mol. The van der Waals surface area contributed by atoms with E-state index in [0.717, 1.165) is 24.3 Å². The van der Waals surface area contributed by atoms with Crippen LogP contribution >= 0.6 is 0 Å². The standard InChI is InChI=1S/C17H23N3/c1-12-11-17(15-5-3-4-6-16(15)19-12)20-9-7-14(8-10-20)13(2)18/h3-6,11,13-14H,7-10,18H2,1-2H3. The van der Waals surface area contributed by atoms with E-state index < -0.39 is 0 Å². The molecule has 20 heavy (non-hydrogen) atoms. The van der Waals surface area contributed by atoms with Crippen LogP contribution in [0.2, 0.25) is 0 Å².